The highest BCUT2D eigenvalue weighted by molar-refractivity contribution is 5.91. The summed E-state index contributed by atoms with van der Waals surface area (Å²) in [5, 5.41) is 0. The minimum Gasteiger partial charge on any atom is -0.490 e. The first-order valence-electron chi connectivity index (χ1n) is 13.7. The number of hydrogen-bond acceptors (Lipinski definition) is 3. The molecule has 1 saturated carbocycles. The van der Waals surface area contributed by atoms with Crippen molar-refractivity contribution in [3.05, 3.63) is 82.9 Å². The van der Waals surface area contributed by atoms with Gasteiger partial charge in [0.05, 0.1) is 12.2 Å². The molecule has 0 atom stereocenters. The van der Waals surface area contributed by atoms with Crippen LogP contribution in [0.15, 0.2) is 48.5 Å². The molecule has 0 aromatic heterocycles. The Kier molecular flexibility index (Phi) is 9.65. The van der Waals surface area contributed by atoms with E-state index in [2.05, 4.69) is 13.8 Å². The van der Waals surface area contributed by atoms with E-state index in [1.165, 1.54) is 30.3 Å². The van der Waals surface area contributed by atoms with E-state index in [0.29, 0.717) is 17.0 Å². The maximum atomic E-state index is 15.0. The number of halogens is 4. The molecule has 4 rings (SSSR count). The highest BCUT2D eigenvalue weighted by atomic mass is 19.2. The third-order valence-corrected chi connectivity index (χ3v) is 7.47. The van der Waals surface area contributed by atoms with Gasteiger partial charge >= 0.3 is 5.97 Å². The minimum absolute atomic E-state index is 0.0125. The first-order valence-corrected chi connectivity index (χ1v) is 13.7. The first-order chi connectivity index (χ1) is 18.8. The number of rotatable bonds is 10. The van der Waals surface area contributed by atoms with Gasteiger partial charge in [0, 0.05) is 5.56 Å². The lowest BCUT2D eigenvalue weighted by Crippen LogP contribution is -2.13. The van der Waals surface area contributed by atoms with Gasteiger partial charge in [0.2, 0.25) is 11.6 Å². The van der Waals surface area contributed by atoms with Crippen molar-refractivity contribution in [2.75, 3.05) is 6.61 Å². The summed E-state index contributed by atoms with van der Waals surface area (Å²) >= 11 is 0. The zero-order valence-corrected chi connectivity index (χ0v) is 22.4. The Bertz CT molecular complexity index is 1280. The zero-order valence-electron chi connectivity index (χ0n) is 22.4. The third-order valence-electron chi connectivity index (χ3n) is 7.47. The summed E-state index contributed by atoms with van der Waals surface area (Å²) in [7, 11) is 0. The summed E-state index contributed by atoms with van der Waals surface area (Å²) in [6.45, 7) is 4.50. The molecule has 0 bridgehead atoms. The molecule has 7 heteroatoms. The molecule has 0 saturated heterocycles. The highest BCUT2D eigenvalue weighted by Crippen LogP contribution is 2.39. The van der Waals surface area contributed by atoms with E-state index in [9.17, 15) is 18.0 Å². The van der Waals surface area contributed by atoms with Crippen molar-refractivity contribution in [1.29, 1.82) is 0 Å². The van der Waals surface area contributed by atoms with Crippen molar-refractivity contribution in [1.82, 2.24) is 0 Å². The van der Waals surface area contributed by atoms with E-state index < -0.39 is 35.0 Å². The SMILES string of the molecule is CCCCCCOc1ccc(OC(=O)c2ccc(-c3ccc(C4CCC(C)CC4)c(F)c3F)cc2)c(F)c1F. The second kappa shape index (κ2) is 13.1. The Hall–Kier alpha value is -3.35. The Labute approximate surface area is 227 Å². The smallest absolute Gasteiger partial charge is 0.343 e. The highest BCUT2D eigenvalue weighted by Gasteiger charge is 2.25. The van der Waals surface area contributed by atoms with E-state index in [1.807, 2.05) is 0 Å². The van der Waals surface area contributed by atoms with Crippen molar-refractivity contribution < 1.29 is 31.8 Å². The van der Waals surface area contributed by atoms with Crippen molar-refractivity contribution in [3.63, 3.8) is 0 Å². The van der Waals surface area contributed by atoms with Gasteiger partial charge in [-0.2, -0.15) is 8.78 Å². The lowest BCUT2D eigenvalue weighted by Gasteiger charge is -2.27. The van der Waals surface area contributed by atoms with Crippen LogP contribution in [0.25, 0.3) is 11.1 Å². The molecule has 1 aliphatic carbocycles. The molecule has 0 amide bonds. The molecular formula is C32H34F4O3. The van der Waals surface area contributed by atoms with E-state index in [0.717, 1.165) is 57.4 Å². The minimum atomic E-state index is -1.32. The van der Waals surface area contributed by atoms with Crippen LogP contribution < -0.4 is 9.47 Å². The fraction of sp³-hybridized carbons (Fsp3) is 0.406. The van der Waals surface area contributed by atoms with Crippen molar-refractivity contribution in [2.24, 2.45) is 5.92 Å². The average molecular weight is 543 g/mol. The number of ether oxygens (including phenoxy) is 2. The summed E-state index contributed by atoms with van der Waals surface area (Å²) in [6, 6.07) is 11.2. The Morgan fingerprint density at radius 1 is 0.769 bits per heavy atom. The number of hydrogen-bond donors (Lipinski definition) is 0. The maximum Gasteiger partial charge on any atom is 0.343 e. The maximum absolute atomic E-state index is 15.0. The van der Waals surface area contributed by atoms with Crippen molar-refractivity contribution in [3.8, 4) is 22.6 Å². The van der Waals surface area contributed by atoms with Crippen molar-refractivity contribution in [2.45, 2.75) is 71.1 Å². The van der Waals surface area contributed by atoms with Gasteiger partial charge in [0.1, 0.15) is 0 Å². The second-order valence-electron chi connectivity index (χ2n) is 10.4. The molecule has 0 spiro atoms. The summed E-state index contributed by atoms with van der Waals surface area (Å²) in [5.41, 5.74) is 0.914. The van der Waals surface area contributed by atoms with Gasteiger partial charge < -0.3 is 9.47 Å². The second-order valence-corrected chi connectivity index (χ2v) is 10.4. The summed E-state index contributed by atoms with van der Waals surface area (Å²) in [5.74, 6) is -5.42. The van der Waals surface area contributed by atoms with Crippen LogP contribution >= 0.6 is 0 Å². The molecule has 3 aromatic rings. The summed E-state index contributed by atoms with van der Waals surface area (Å²) in [6.07, 6.45) is 7.42. The number of unbranched alkanes of at least 4 members (excludes halogenated alkanes) is 3. The van der Waals surface area contributed by atoms with Gasteiger partial charge in [-0.25, -0.2) is 13.6 Å². The standard InChI is InChI=1S/C32H34F4O3/c1-3-4-5-6-19-38-26-17-18-27(31(36)30(26)35)39-32(37)23-13-11-22(12-14-23)25-16-15-24(28(33)29(25)34)21-9-7-20(2)8-10-21/h11-18,20-21H,3-10,19H2,1-2H3. The molecule has 0 N–H and O–H groups in total. The molecule has 0 aliphatic heterocycles. The Balaban J connectivity index is 1.42. The van der Waals surface area contributed by atoms with Gasteiger partial charge in [0.25, 0.3) is 0 Å². The van der Waals surface area contributed by atoms with E-state index in [4.69, 9.17) is 9.47 Å². The number of esters is 1. The lowest BCUT2D eigenvalue weighted by molar-refractivity contribution is 0.0726. The monoisotopic (exact) mass is 542 g/mol. The van der Waals surface area contributed by atoms with Crippen LogP contribution in [0.5, 0.6) is 11.5 Å². The predicted molar refractivity (Wildman–Crippen MR) is 143 cm³/mol. The topological polar surface area (TPSA) is 35.5 Å². The molecule has 3 aromatic carbocycles. The van der Waals surface area contributed by atoms with Gasteiger partial charge in [-0.1, -0.05) is 70.2 Å². The Morgan fingerprint density at radius 3 is 2.13 bits per heavy atom. The van der Waals surface area contributed by atoms with E-state index in [-0.39, 0.29) is 29.4 Å². The van der Waals surface area contributed by atoms with Gasteiger partial charge in [-0.05, 0) is 66.5 Å². The molecule has 208 valence electrons. The Morgan fingerprint density at radius 2 is 1.44 bits per heavy atom. The van der Waals surface area contributed by atoms with Crippen LogP contribution in [-0.2, 0) is 0 Å². The molecule has 0 unspecified atom stereocenters. The normalized spacial score (nSPS) is 17.2. The lowest BCUT2D eigenvalue weighted by atomic mass is 9.79. The van der Waals surface area contributed by atoms with Crippen LogP contribution in [0.1, 0.15) is 87.1 Å². The van der Waals surface area contributed by atoms with Gasteiger partial charge in [-0.3, -0.25) is 0 Å². The van der Waals surface area contributed by atoms with Crippen LogP contribution in [0.2, 0.25) is 0 Å². The molecular weight excluding hydrogens is 508 g/mol. The zero-order chi connectivity index (χ0) is 27.9. The van der Waals surface area contributed by atoms with Gasteiger partial charge in [-0.15, -0.1) is 0 Å². The molecule has 3 nitrogen and oxygen atoms in total. The number of benzene rings is 3. The molecule has 0 radical (unpaired) electrons. The van der Waals surface area contributed by atoms with E-state index >= 15 is 4.39 Å². The molecule has 1 aliphatic rings. The molecule has 1 fully saturated rings. The third kappa shape index (κ3) is 6.81. The number of carbonyl (C=O) groups is 1. The average Bonchev–Trinajstić information content (AvgIpc) is 2.94. The molecule has 39 heavy (non-hydrogen) atoms. The van der Waals surface area contributed by atoms with Gasteiger partial charge in [0.15, 0.2) is 23.1 Å². The molecule has 0 heterocycles. The summed E-state index contributed by atoms with van der Waals surface area (Å²) in [4.78, 5) is 12.6. The van der Waals surface area contributed by atoms with Crippen molar-refractivity contribution >= 4 is 5.97 Å². The quantitative estimate of drug-likeness (QED) is 0.111. The van der Waals surface area contributed by atoms with Crippen LogP contribution in [-0.4, -0.2) is 12.6 Å². The van der Waals surface area contributed by atoms with E-state index in [1.54, 1.807) is 12.1 Å². The van der Waals surface area contributed by atoms with Crippen LogP contribution in [0.3, 0.4) is 0 Å². The van der Waals surface area contributed by atoms with Crippen LogP contribution in [0.4, 0.5) is 17.6 Å². The fourth-order valence-corrected chi connectivity index (χ4v) is 5.03. The summed E-state index contributed by atoms with van der Waals surface area (Å²) < 4.78 is 69.3. The van der Waals surface area contributed by atoms with Crippen LogP contribution in [0, 0.1) is 29.2 Å². The predicted octanol–water partition coefficient (Wildman–Crippen LogP) is 9.38. The first kappa shape index (κ1) is 28.7. The number of carbonyl (C=O) groups excluding carboxylic acids is 1. The fourth-order valence-electron chi connectivity index (χ4n) is 5.03. The largest absolute Gasteiger partial charge is 0.490 e.